The number of ether oxygens (including phenoxy) is 1. The number of benzene rings is 3. The quantitative estimate of drug-likeness (QED) is 0.707. The Balaban J connectivity index is 1.79. The Labute approximate surface area is 162 Å². The van der Waals surface area contributed by atoms with Gasteiger partial charge in [-0.1, -0.05) is 18.2 Å². The van der Waals surface area contributed by atoms with Gasteiger partial charge in [0.1, 0.15) is 5.75 Å². The number of nitrogens with one attached hydrogen (secondary N) is 2. The summed E-state index contributed by atoms with van der Waals surface area (Å²) in [6.45, 7) is 0. The van der Waals surface area contributed by atoms with Gasteiger partial charge in [0.25, 0.3) is 11.8 Å². The minimum atomic E-state index is -0.324. The van der Waals surface area contributed by atoms with E-state index >= 15 is 0 Å². The van der Waals surface area contributed by atoms with Gasteiger partial charge in [-0.3, -0.25) is 9.59 Å². The van der Waals surface area contributed by atoms with Gasteiger partial charge < -0.3 is 15.4 Å². The molecule has 6 nitrogen and oxygen atoms in total. The van der Waals surface area contributed by atoms with Crippen LogP contribution in [0, 0.1) is 11.3 Å². The van der Waals surface area contributed by atoms with Crippen molar-refractivity contribution in [3.63, 3.8) is 0 Å². The lowest BCUT2D eigenvalue weighted by Gasteiger charge is -2.13. The van der Waals surface area contributed by atoms with Crippen molar-refractivity contribution in [3.05, 3.63) is 89.5 Å². The van der Waals surface area contributed by atoms with Crippen molar-refractivity contribution in [2.45, 2.75) is 0 Å². The minimum absolute atomic E-state index is 0.283. The largest absolute Gasteiger partial charge is 0.495 e. The fourth-order valence-corrected chi connectivity index (χ4v) is 2.57. The van der Waals surface area contributed by atoms with Crippen LogP contribution in [-0.4, -0.2) is 18.9 Å². The first-order valence-corrected chi connectivity index (χ1v) is 8.46. The highest BCUT2D eigenvalue weighted by molar-refractivity contribution is 6.07. The highest BCUT2D eigenvalue weighted by atomic mass is 16.5. The van der Waals surface area contributed by atoms with Crippen molar-refractivity contribution in [1.29, 1.82) is 5.26 Å². The fourth-order valence-electron chi connectivity index (χ4n) is 2.57. The second-order valence-corrected chi connectivity index (χ2v) is 5.88. The summed E-state index contributed by atoms with van der Waals surface area (Å²) in [6.07, 6.45) is 0. The van der Waals surface area contributed by atoms with Gasteiger partial charge >= 0.3 is 0 Å². The van der Waals surface area contributed by atoms with E-state index in [1.54, 1.807) is 66.7 Å². The SMILES string of the molecule is COc1ccc(NC(=O)c2ccc(C#N)cc2)cc1NC(=O)c1ccccc1. The molecule has 0 aliphatic heterocycles. The molecular weight excluding hydrogens is 354 g/mol. The molecule has 2 amide bonds. The zero-order valence-corrected chi connectivity index (χ0v) is 15.1. The molecule has 3 rings (SSSR count). The van der Waals surface area contributed by atoms with Crippen LogP contribution in [-0.2, 0) is 0 Å². The van der Waals surface area contributed by atoms with Crippen LogP contribution < -0.4 is 15.4 Å². The second-order valence-electron chi connectivity index (χ2n) is 5.88. The molecule has 0 aliphatic carbocycles. The number of hydrogen-bond acceptors (Lipinski definition) is 4. The summed E-state index contributed by atoms with van der Waals surface area (Å²) < 4.78 is 5.29. The molecule has 0 aliphatic rings. The van der Waals surface area contributed by atoms with Gasteiger partial charge in [0.05, 0.1) is 24.4 Å². The third-order valence-electron chi connectivity index (χ3n) is 4.02. The van der Waals surface area contributed by atoms with Gasteiger partial charge in [0, 0.05) is 16.8 Å². The Hall–Kier alpha value is -4.11. The predicted octanol–water partition coefficient (Wildman–Crippen LogP) is 4.07. The van der Waals surface area contributed by atoms with Crippen molar-refractivity contribution < 1.29 is 14.3 Å². The van der Waals surface area contributed by atoms with Crippen molar-refractivity contribution in [1.82, 2.24) is 0 Å². The number of hydrogen-bond donors (Lipinski definition) is 2. The standard InChI is InChI=1S/C22H17N3O3/c1-28-20-12-11-18(24-21(26)17-9-7-15(14-23)8-10-17)13-19(20)25-22(27)16-5-3-2-4-6-16/h2-13H,1H3,(H,24,26)(H,25,27). The molecule has 0 saturated heterocycles. The molecule has 28 heavy (non-hydrogen) atoms. The van der Waals surface area contributed by atoms with Crippen LogP contribution in [0.1, 0.15) is 26.3 Å². The monoisotopic (exact) mass is 371 g/mol. The summed E-state index contributed by atoms with van der Waals surface area (Å²) in [6, 6.07) is 22.1. The lowest BCUT2D eigenvalue weighted by atomic mass is 10.1. The summed E-state index contributed by atoms with van der Waals surface area (Å²) in [5.41, 5.74) is 2.35. The van der Waals surface area contributed by atoms with Gasteiger partial charge in [-0.2, -0.15) is 5.26 Å². The molecule has 3 aromatic carbocycles. The van der Waals surface area contributed by atoms with Crippen LogP contribution in [0.25, 0.3) is 0 Å². The van der Waals surface area contributed by atoms with E-state index in [2.05, 4.69) is 10.6 Å². The van der Waals surface area contributed by atoms with E-state index in [9.17, 15) is 9.59 Å². The Kier molecular flexibility index (Phi) is 5.68. The number of amides is 2. The van der Waals surface area contributed by atoms with E-state index in [-0.39, 0.29) is 11.8 Å². The summed E-state index contributed by atoms with van der Waals surface area (Å²) in [4.78, 5) is 24.8. The first-order valence-electron chi connectivity index (χ1n) is 8.46. The molecule has 138 valence electrons. The molecule has 3 aromatic rings. The molecule has 0 aromatic heterocycles. The van der Waals surface area contributed by atoms with Crippen molar-refractivity contribution in [2.75, 3.05) is 17.7 Å². The smallest absolute Gasteiger partial charge is 0.255 e. The highest BCUT2D eigenvalue weighted by Gasteiger charge is 2.12. The number of carbonyl (C=O) groups excluding carboxylic acids is 2. The molecule has 0 fully saturated rings. The molecule has 0 radical (unpaired) electrons. The average molecular weight is 371 g/mol. The predicted molar refractivity (Wildman–Crippen MR) is 106 cm³/mol. The first kappa shape index (κ1) is 18.7. The van der Waals surface area contributed by atoms with Gasteiger partial charge in [0.2, 0.25) is 0 Å². The lowest BCUT2D eigenvalue weighted by molar-refractivity contribution is 0.101. The summed E-state index contributed by atoms with van der Waals surface area (Å²) in [5, 5.41) is 14.4. The molecule has 2 N–H and O–H groups in total. The van der Waals surface area contributed by atoms with Crippen molar-refractivity contribution >= 4 is 23.2 Å². The Bertz CT molecular complexity index is 1040. The third-order valence-corrected chi connectivity index (χ3v) is 4.02. The van der Waals surface area contributed by atoms with Crippen LogP contribution >= 0.6 is 0 Å². The minimum Gasteiger partial charge on any atom is -0.495 e. The maximum Gasteiger partial charge on any atom is 0.255 e. The Morgan fingerprint density at radius 2 is 1.50 bits per heavy atom. The topological polar surface area (TPSA) is 91.2 Å². The molecule has 0 bridgehead atoms. The molecule has 6 heteroatoms. The maximum absolute atomic E-state index is 12.4. The number of nitrogens with zero attached hydrogens (tertiary/aromatic N) is 1. The zero-order chi connectivity index (χ0) is 19.9. The van der Waals surface area contributed by atoms with Crippen LogP contribution in [0.3, 0.4) is 0 Å². The fraction of sp³-hybridized carbons (Fsp3) is 0.0455. The molecular formula is C22H17N3O3. The second kappa shape index (κ2) is 8.52. The van der Waals surface area contributed by atoms with Gasteiger partial charge in [0.15, 0.2) is 0 Å². The number of nitriles is 1. The van der Waals surface area contributed by atoms with E-state index in [4.69, 9.17) is 10.00 Å². The molecule has 0 saturated carbocycles. The van der Waals surface area contributed by atoms with E-state index in [0.29, 0.717) is 33.8 Å². The van der Waals surface area contributed by atoms with Crippen LogP contribution in [0.2, 0.25) is 0 Å². The zero-order valence-electron chi connectivity index (χ0n) is 15.1. The summed E-state index contributed by atoms with van der Waals surface area (Å²) in [5.74, 6) is -0.134. The molecule has 0 unspecified atom stereocenters. The van der Waals surface area contributed by atoms with Gasteiger partial charge in [-0.05, 0) is 54.6 Å². The van der Waals surface area contributed by atoms with Gasteiger partial charge in [-0.15, -0.1) is 0 Å². The van der Waals surface area contributed by atoms with E-state index in [0.717, 1.165) is 0 Å². The number of rotatable bonds is 5. The average Bonchev–Trinajstić information content (AvgIpc) is 2.74. The highest BCUT2D eigenvalue weighted by Crippen LogP contribution is 2.28. The Morgan fingerprint density at radius 3 is 2.14 bits per heavy atom. The van der Waals surface area contributed by atoms with Crippen LogP contribution in [0.5, 0.6) is 5.75 Å². The molecule has 0 spiro atoms. The lowest BCUT2D eigenvalue weighted by Crippen LogP contribution is -2.14. The summed E-state index contributed by atoms with van der Waals surface area (Å²) in [7, 11) is 1.50. The van der Waals surface area contributed by atoms with E-state index in [1.165, 1.54) is 7.11 Å². The van der Waals surface area contributed by atoms with E-state index < -0.39 is 0 Å². The van der Waals surface area contributed by atoms with Crippen molar-refractivity contribution in [3.8, 4) is 11.8 Å². The third kappa shape index (κ3) is 4.34. The first-order chi connectivity index (χ1) is 13.6. The Morgan fingerprint density at radius 1 is 0.857 bits per heavy atom. The normalized spacial score (nSPS) is 9.86. The van der Waals surface area contributed by atoms with Crippen LogP contribution in [0.15, 0.2) is 72.8 Å². The molecule has 0 heterocycles. The van der Waals surface area contributed by atoms with E-state index in [1.807, 2.05) is 12.1 Å². The molecule has 0 atom stereocenters. The number of methoxy groups -OCH3 is 1. The maximum atomic E-state index is 12.4. The van der Waals surface area contributed by atoms with Gasteiger partial charge in [-0.25, -0.2) is 0 Å². The number of anilines is 2. The van der Waals surface area contributed by atoms with Crippen LogP contribution in [0.4, 0.5) is 11.4 Å². The summed E-state index contributed by atoms with van der Waals surface area (Å²) >= 11 is 0. The van der Waals surface area contributed by atoms with Crippen molar-refractivity contribution in [2.24, 2.45) is 0 Å². The number of carbonyl (C=O) groups is 2.